The van der Waals surface area contributed by atoms with Crippen LogP contribution in [-0.4, -0.2) is 70.2 Å². The molecule has 2 heterocycles. The lowest BCUT2D eigenvalue weighted by Gasteiger charge is -2.26. The molecule has 0 unspecified atom stereocenters. The standard InChI is InChI=1S/C20H25N3O6S/c1-15-5-6-16(14-18(15)30(25,26)23-8-10-28-11-9-23)19(24)22-17-4-3-7-21-20(17)29-13-12-27-2/h3-7,14H,8-13H2,1-2H3,(H,22,24). The number of ether oxygens (including phenoxy) is 3. The molecule has 1 aromatic heterocycles. The van der Waals surface area contributed by atoms with Crippen LogP contribution in [0.4, 0.5) is 5.69 Å². The number of methoxy groups -OCH3 is 1. The molecule has 1 aliphatic heterocycles. The maximum atomic E-state index is 13.0. The minimum Gasteiger partial charge on any atom is -0.474 e. The predicted octanol–water partition coefficient (Wildman–Crippen LogP) is 1.69. The second-order valence-corrected chi connectivity index (χ2v) is 8.55. The minimum atomic E-state index is -3.72. The number of amides is 1. The third-order valence-corrected chi connectivity index (χ3v) is 6.62. The van der Waals surface area contributed by atoms with Crippen LogP contribution in [-0.2, 0) is 19.5 Å². The van der Waals surface area contributed by atoms with Gasteiger partial charge in [-0.2, -0.15) is 4.31 Å². The van der Waals surface area contributed by atoms with Gasteiger partial charge in [0.05, 0.1) is 24.7 Å². The fourth-order valence-corrected chi connectivity index (χ4v) is 4.62. The fourth-order valence-electron chi connectivity index (χ4n) is 2.96. The van der Waals surface area contributed by atoms with E-state index in [4.69, 9.17) is 14.2 Å². The summed E-state index contributed by atoms with van der Waals surface area (Å²) in [6.07, 6.45) is 1.55. The van der Waals surface area contributed by atoms with Crippen LogP contribution in [0.3, 0.4) is 0 Å². The largest absolute Gasteiger partial charge is 0.474 e. The van der Waals surface area contributed by atoms with Gasteiger partial charge in [0.25, 0.3) is 5.91 Å². The molecule has 1 aromatic carbocycles. The molecule has 0 saturated carbocycles. The summed E-state index contributed by atoms with van der Waals surface area (Å²) in [5.41, 5.74) is 1.18. The monoisotopic (exact) mass is 435 g/mol. The van der Waals surface area contributed by atoms with Crippen molar-refractivity contribution >= 4 is 21.6 Å². The first kappa shape index (κ1) is 22.2. The number of anilines is 1. The highest BCUT2D eigenvalue weighted by atomic mass is 32.2. The zero-order chi connectivity index (χ0) is 21.6. The lowest BCUT2D eigenvalue weighted by molar-refractivity contribution is 0.0730. The Bertz CT molecular complexity index is 990. The van der Waals surface area contributed by atoms with Crippen molar-refractivity contribution in [3.05, 3.63) is 47.7 Å². The molecule has 1 N–H and O–H groups in total. The van der Waals surface area contributed by atoms with Gasteiger partial charge in [-0.1, -0.05) is 6.07 Å². The number of hydrogen-bond acceptors (Lipinski definition) is 7. The number of carbonyl (C=O) groups is 1. The van der Waals surface area contributed by atoms with Crippen molar-refractivity contribution < 1.29 is 27.4 Å². The Balaban J connectivity index is 1.82. The topological polar surface area (TPSA) is 107 Å². The molecule has 0 spiro atoms. The molecule has 9 nitrogen and oxygen atoms in total. The summed E-state index contributed by atoms with van der Waals surface area (Å²) >= 11 is 0. The van der Waals surface area contributed by atoms with Gasteiger partial charge in [-0.05, 0) is 36.8 Å². The number of nitrogens with one attached hydrogen (secondary N) is 1. The van der Waals surface area contributed by atoms with Crippen molar-refractivity contribution in [2.24, 2.45) is 0 Å². The number of carbonyl (C=O) groups excluding carboxylic acids is 1. The van der Waals surface area contributed by atoms with E-state index in [1.165, 1.54) is 10.4 Å². The van der Waals surface area contributed by atoms with E-state index in [1.54, 1.807) is 44.5 Å². The number of hydrogen-bond donors (Lipinski definition) is 1. The summed E-state index contributed by atoms with van der Waals surface area (Å²) in [4.78, 5) is 17.0. The van der Waals surface area contributed by atoms with Gasteiger partial charge in [-0.15, -0.1) is 0 Å². The molecule has 1 amide bonds. The first-order chi connectivity index (χ1) is 14.4. The second-order valence-electron chi connectivity index (χ2n) is 6.65. The molecule has 0 atom stereocenters. The Hall–Kier alpha value is -2.53. The van der Waals surface area contributed by atoms with E-state index >= 15 is 0 Å². The normalized spacial score (nSPS) is 15.0. The zero-order valence-corrected chi connectivity index (χ0v) is 17.8. The van der Waals surface area contributed by atoms with E-state index in [1.807, 2.05) is 0 Å². The average molecular weight is 436 g/mol. The first-order valence-electron chi connectivity index (χ1n) is 9.50. The highest BCUT2D eigenvalue weighted by molar-refractivity contribution is 7.89. The van der Waals surface area contributed by atoms with Crippen molar-refractivity contribution in [2.45, 2.75) is 11.8 Å². The van der Waals surface area contributed by atoms with Gasteiger partial charge in [0, 0.05) is 32.0 Å². The lowest BCUT2D eigenvalue weighted by Crippen LogP contribution is -2.40. The molecule has 3 rings (SSSR count). The Morgan fingerprint density at radius 1 is 1.23 bits per heavy atom. The fraction of sp³-hybridized carbons (Fsp3) is 0.400. The van der Waals surface area contributed by atoms with Gasteiger partial charge in [-0.3, -0.25) is 4.79 Å². The quantitative estimate of drug-likeness (QED) is 0.629. The van der Waals surface area contributed by atoms with Crippen LogP contribution in [0.1, 0.15) is 15.9 Å². The number of sulfonamides is 1. The van der Waals surface area contributed by atoms with Crippen molar-refractivity contribution in [3.63, 3.8) is 0 Å². The molecule has 2 aromatic rings. The van der Waals surface area contributed by atoms with E-state index in [9.17, 15) is 13.2 Å². The van der Waals surface area contributed by atoms with Gasteiger partial charge in [0.2, 0.25) is 15.9 Å². The van der Waals surface area contributed by atoms with Crippen LogP contribution in [0.25, 0.3) is 0 Å². The van der Waals surface area contributed by atoms with Gasteiger partial charge in [0.15, 0.2) is 0 Å². The number of aryl methyl sites for hydroxylation is 1. The summed E-state index contributed by atoms with van der Waals surface area (Å²) in [5, 5.41) is 2.74. The summed E-state index contributed by atoms with van der Waals surface area (Å²) in [6.45, 7) is 3.65. The molecule has 1 fully saturated rings. The summed E-state index contributed by atoms with van der Waals surface area (Å²) in [5.74, 6) is -0.200. The zero-order valence-electron chi connectivity index (χ0n) is 17.0. The second kappa shape index (κ2) is 9.98. The van der Waals surface area contributed by atoms with Crippen LogP contribution in [0.15, 0.2) is 41.4 Å². The lowest BCUT2D eigenvalue weighted by atomic mass is 10.1. The third-order valence-electron chi connectivity index (χ3n) is 4.58. The molecule has 0 aliphatic carbocycles. The van der Waals surface area contributed by atoms with Gasteiger partial charge >= 0.3 is 0 Å². The maximum Gasteiger partial charge on any atom is 0.255 e. The number of benzene rings is 1. The van der Waals surface area contributed by atoms with Crippen LogP contribution in [0, 0.1) is 6.92 Å². The number of aromatic nitrogens is 1. The Labute approximate surface area is 176 Å². The molecular formula is C20H25N3O6S. The molecule has 0 bridgehead atoms. The SMILES string of the molecule is COCCOc1ncccc1NC(=O)c1ccc(C)c(S(=O)(=O)N2CCOCC2)c1. The number of pyridine rings is 1. The van der Waals surface area contributed by atoms with Crippen molar-refractivity contribution in [2.75, 3.05) is 51.9 Å². The molecule has 1 saturated heterocycles. The molecule has 0 radical (unpaired) electrons. The van der Waals surface area contributed by atoms with Gasteiger partial charge < -0.3 is 19.5 Å². The van der Waals surface area contributed by atoms with E-state index in [0.717, 1.165) is 0 Å². The maximum absolute atomic E-state index is 13.0. The Morgan fingerprint density at radius 2 is 2.00 bits per heavy atom. The molecule has 10 heteroatoms. The smallest absolute Gasteiger partial charge is 0.255 e. The Kier molecular flexibility index (Phi) is 7.38. The van der Waals surface area contributed by atoms with E-state index < -0.39 is 15.9 Å². The van der Waals surface area contributed by atoms with Gasteiger partial charge in [-0.25, -0.2) is 13.4 Å². The molecule has 30 heavy (non-hydrogen) atoms. The van der Waals surface area contributed by atoms with E-state index in [-0.39, 0.29) is 36.0 Å². The number of rotatable bonds is 8. The third kappa shape index (κ3) is 5.14. The Morgan fingerprint density at radius 3 is 2.73 bits per heavy atom. The number of morpholine rings is 1. The van der Waals surface area contributed by atoms with E-state index in [2.05, 4.69) is 10.3 Å². The van der Waals surface area contributed by atoms with Crippen LogP contribution in [0.5, 0.6) is 5.88 Å². The van der Waals surface area contributed by atoms with Gasteiger partial charge in [0.1, 0.15) is 12.3 Å². The van der Waals surface area contributed by atoms with Crippen molar-refractivity contribution in [3.8, 4) is 5.88 Å². The van der Waals surface area contributed by atoms with Crippen LogP contribution >= 0.6 is 0 Å². The van der Waals surface area contributed by atoms with Crippen molar-refractivity contribution in [1.82, 2.24) is 9.29 Å². The van der Waals surface area contributed by atoms with Crippen LogP contribution < -0.4 is 10.1 Å². The predicted molar refractivity (Wildman–Crippen MR) is 110 cm³/mol. The average Bonchev–Trinajstić information content (AvgIpc) is 2.76. The molecule has 162 valence electrons. The summed E-state index contributed by atoms with van der Waals surface area (Å²) in [6, 6.07) is 7.94. The highest BCUT2D eigenvalue weighted by Gasteiger charge is 2.28. The molecular weight excluding hydrogens is 410 g/mol. The minimum absolute atomic E-state index is 0.111. The van der Waals surface area contributed by atoms with E-state index in [0.29, 0.717) is 31.1 Å². The van der Waals surface area contributed by atoms with Crippen LogP contribution in [0.2, 0.25) is 0 Å². The summed E-state index contributed by atoms with van der Waals surface area (Å²) in [7, 11) is -2.16. The van der Waals surface area contributed by atoms with Crippen molar-refractivity contribution in [1.29, 1.82) is 0 Å². The molecule has 1 aliphatic rings. The summed E-state index contributed by atoms with van der Waals surface area (Å²) < 4.78 is 43.2. The first-order valence-corrected chi connectivity index (χ1v) is 10.9. The highest BCUT2D eigenvalue weighted by Crippen LogP contribution is 2.25. The number of nitrogens with zero attached hydrogens (tertiary/aromatic N) is 2.